The summed E-state index contributed by atoms with van der Waals surface area (Å²) in [6, 6.07) is 0. The summed E-state index contributed by atoms with van der Waals surface area (Å²) in [6.45, 7) is 18.2. The number of hydrogen-bond acceptors (Lipinski definition) is 14. The molecule has 0 aromatic carbocycles. The Bertz CT molecular complexity index is 648. The van der Waals surface area contributed by atoms with Crippen LogP contribution in [0.4, 0.5) is 0 Å². The smallest absolute Gasteiger partial charge is 0.308 e. The molecule has 0 atom stereocenters. The van der Waals surface area contributed by atoms with Gasteiger partial charge in [0.25, 0.3) is 0 Å². The van der Waals surface area contributed by atoms with Crippen LogP contribution in [0.5, 0.6) is 0 Å². The Morgan fingerprint density at radius 1 is 0.478 bits per heavy atom. The number of carbonyl (C=O) groups is 1. The van der Waals surface area contributed by atoms with Crippen molar-refractivity contribution in [1.82, 2.24) is 5.32 Å². The van der Waals surface area contributed by atoms with Gasteiger partial charge < -0.3 is 62.2 Å². The van der Waals surface area contributed by atoms with E-state index in [9.17, 15) is 4.79 Å². The average molecular weight is 670 g/mol. The Balaban J connectivity index is 1.62. The molecule has 1 heterocycles. The lowest BCUT2D eigenvalue weighted by Gasteiger charge is -2.22. The van der Waals surface area contributed by atoms with E-state index in [1.807, 2.05) is 20.8 Å². The fraction of sp³-hybridized carbons (Fsp3) is 0.969. The molecule has 0 radical (unpaired) electrons. The van der Waals surface area contributed by atoms with Gasteiger partial charge in [-0.1, -0.05) is 0 Å². The van der Waals surface area contributed by atoms with Crippen LogP contribution >= 0.6 is 0 Å². The second-order valence-corrected chi connectivity index (χ2v) is 11.3. The first-order valence-corrected chi connectivity index (χ1v) is 16.8. The van der Waals surface area contributed by atoms with Crippen LogP contribution in [-0.2, 0) is 61.6 Å². The number of hydrogen-bond donors (Lipinski definition) is 1. The highest BCUT2D eigenvalue weighted by atomic mass is 16.6. The Morgan fingerprint density at radius 2 is 0.761 bits per heavy atom. The van der Waals surface area contributed by atoms with Crippen molar-refractivity contribution in [2.45, 2.75) is 51.7 Å². The molecule has 0 amide bonds. The minimum atomic E-state index is -0.472. The molecule has 14 nitrogen and oxygen atoms in total. The summed E-state index contributed by atoms with van der Waals surface area (Å²) >= 11 is 0. The number of carbonyl (C=O) groups excluding carboxylic acids is 1. The highest BCUT2D eigenvalue weighted by molar-refractivity contribution is 5.69. The maximum atomic E-state index is 11.6. The molecule has 46 heavy (non-hydrogen) atoms. The first-order chi connectivity index (χ1) is 22.5. The molecule has 274 valence electrons. The molecule has 1 fully saturated rings. The highest BCUT2D eigenvalue weighted by Crippen LogP contribution is 2.08. The van der Waals surface area contributed by atoms with Crippen LogP contribution in [0, 0.1) is 0 Å². The summed E-state index contributed by atoms with van der Waals surface area (Å²) in [6.07, 6.45) is 2.76. The van der Waals surface area contributed by atoms with Gasteiger partial charge in [-0.05, 0) is 46.7 Å². The lowest BCUT2D eigenvalue weighted by atomic mass is 10.1. The maximum Gasteiger partial charge on any atom is 0.308 e. The quantitative estimate of drug-likeness (QED) is 0.0785. The van der Waals surface area contributed by atoms with Gasteiger partial charge in [-0.3, -0.25) is 4.79 Å². The van der Waals surface area contributed by atoms with Crippen LogP contribution in [0.2, 0.25) is 0 Å². The van der Waals surface area contributed by atoms with Crippen molar-refractivity contribution in [3.63, 3.8) is 0 Å². The highest BCUT2D eigenvalue weighted by Gasteiger charge is 2.15. The second kappa shape index (κ2) is 32.5. The minimum Gasteiger partial charge on any atom is -0.460 e. The normalized spacial score (nSPS) is 14.2. The first-order valence-electron chi connectivity index (χ1n) is 16.8. The third-order valence-corrected chi connectivity index (χ3v) is 6.09. The Hall–Kier alpha value is -1.01. The Kier molecular flexibility index (Phi) is 30.4. The van der Waals surface area contributed by atoms with Crippen molar-refractivity contribution in [1.29, 1.82) is 0 Å². The molecular formula is C32H63NO13. The van der Waals surface area contributed by atoms with Crippen molar-refractivity contribution in [2.75, 3.05) is 152 Å². The summed E-state index contributed by atoms with van der Waals surface area (Å²) in [4.78, 5) is 11.6. The molecule has 1 saturated heterocycles. The van der Waals surface area contributed by atoms with E-state index in [1.54, 1.807) is 0 Å². The molecule has 1 N–H and O–H groups in total. The van der Waals surface area contributed by atoms with Gasteiger partial charge in [0.05, 0.1) is 151 Å². The molecular weight excluding hydrogens is 606 g/mol. The molecule has 0 aromatic heterocycles. The van der Waals surface area contributed by atoms with Gasteiger partial charge in [0.2, 0.25) is 0 Å². The van der Waals surface area contributed by atoms with Gasteiger partial charge in [0, 0.05) is 0 Å². The lowest BCUT2D eigenvalue weighted by Crippen LogP contribution is -2.33. The molecule has 1 rings (SSSR count). The predicted octanol–water partition coefficient (Wildman–Crippen LogP) is 1.65. The summed E-state index contributed by atoms with van der Waals surface area (Å²) in [7, 11) is 0. The predicted molar refractivity (Wildman–Crippen MR) is 170 cm³/mol. The van der Waals surface area contributed by atoms with E-state index in [0.717, 1.165) is 25.9 Å². The van der Waals surface area contributed by atoms with Gasteiger partial charge >= 0.3 is 5.97 Å². The van der Waals surface area contributed by atoms with Crippen LogP contribution in [-0.4, -0.2) is 170 Å². The van der Waals surface area contributed by atoms with E-state index in [-0.39, 0.29) is 12.4 Å². The molecule has 0 bridgehead atoms. The van der Waals surface area contributed by atoms with Crippen LogP contribution in [0.25, 0.3) is 0 Å². The first kappa shape index (κ1) is 43.0. The van der Waals surface area contributed by atoms with Gasteiger partial charge in [-0.15, -0.1) is 0 Å². The van der Waals surface area contributed by atoms with Crippen molar-refractivity contribution >= 4 is 5.97 Å². The van der Waals surface area contributed by atoms with E-state index in [2.05, 4.69) is 5.32 Å². The molecule has 14 heteroatoms. The average Bonchev–Trinajstić information content (AvgIpc) is 3.03. The summed E-state index contributed by atoms with van der Waals surface area (Å²) in [5.41, 5.74) is -0.472. The molecule has 1 aliphatic heterocycles. The standard InChI is InChI=1S/C32H63NO13/c1-32(2,3)46-31(34)6-9-35-10-11-36-12-13-37-14-15-38-16-17-39-18-19-40-20-21-41-22-23-42-24-25-43-26-27-44-28-29-45-30-4-7-33-8-5-30/h30,33H,4-29H2,1-3H3. The third kappa shape index (κ3) is 32.9. The van der Waals surface area contributed by atoms with Crippen LogP contribution in [0.15, 0.2) is 0 Å². The summed E-state index contributed by atoms with van der Waals surface area (Å²) in [5, 5.41) is 3.33. The number of nitrogens with one attached hydrogen (secondary N) is 1. The third-order valence-electron chi connectivity index (χ3n) is 6.09. The number of esters is 1. The van der Waals surface area contributed by atoms with Crippen molar-refractivity contribution in [2.24, 2.45) is 0 Å². The molecule has 0 spiro atoms. The topological polar surface area (TPSA) is 140 Å². The lowest BCUT2D eigenvalue weighted by molar-refractivity contribution is -0.156. The zero-order valence-corrected chi connectivity index (χ0v) is 28.8. The molecule has 0 aliphatic carbocycles. The van der Waals surface area contributed by atoms with E-state index in [4.69, 9.17) is 56.8 Å². The van der Waals surface area contributed by atoms with Gasteiger partial charge in [0.15, 0.2) is 0 Å². The second-order valence-electron chi connectivity index (χ2n) is 11.3. The SMILES string of the molecule is CC(C)(C)OC(=O)CCOCCOCCOCCOCCOCCOCCOCCOCCOCCOCCOC1CCNCC1. The fourth-order valence-electron chi connectivity index (χ4n) is 3.87. The zero-order valence-electron chi connectivity index (χ0n) is 28.8. The molecule has 1 aliphatic rings. The monoisotopic (exact) mass is 669 g/mol. The van der Waals surface area contributed by atoms with E-state index >= 15 is 0 Å². The van der Waals surface area contributed by atoms with E-state index in [1.165, 1.54) is 0 Å². The van der Waals surface area contributed by atoms with Crippen molar-refractivity contribution in [3.8, 4) is 0 Å². The minimum absolute atomic E-state index is 0.234. The van der Waals surface area contributed by atoms with Crippen LogP contribution < -0.4 is 5.32 Å². The van der Waals surface area contributed by atoms with Gasteiger partial charge in [-0.2, -0.15) is 0 Å². The number of piperidine rings is 1. The summed E-state index contributed by atoms with van der Waals surface area (Å²) < 4.78 is 65.7. The maximum absolute atomic E-state index is 11.6. The molecule has 0 unspecified atom stereocenters. The van der Waals surface area contributed by atoms with Crippen molar-refractivity contribution in [3.05, 3.63) is 0 Å². The van der Waals surface area contributed by atoms with Gasteiger partial charge in [0.1, 0.15) is 5.60 Å². The van der Waals surface area contributed by atoms with E-state index < -0.39 is 5.60 Å². The van der Waals surface area contributed by atoms with Crippen LogP contribution in [0.3, 0.4) is 0 Å². The number of rotatable bonds is 34. The summed E-state index contributed by atoms with van der Waals surface area (Å²) in [5.74, 6) is -0.263. The van der Waals surface area contributed by atoms with Crippen LogP contribution in [0.1, 0.15) is 40.0 Å². The molecule has 0 aromatic rings. The Morgan fingerprint density at radius 3 is 1.07 bits per heavy atom. The fourth-order valence-corrected chi connectivity index (χ4v) is 3.87. The zero-order chi connectivity index (χ0) is 33.2. The van der Waals surface area contributed by atoms with Gasteiger partial charge in [-0.25, -0.2) is 0 Å². The number of ether oxygens (including phenoxy) is 12. The van der Waals surface area contributed by atoms with Crippen molar-refractivity contribution < 1.29 is 61.6 Å². The van der Waals surface area contributed by atoms with E-state index in [0.29, 0.717) is 145 Å². The Labute approximate surface area is 276 Å². The molecule has 0 saturated carbocycles. The largest absolute Gasteiger partial charge is 0.460 e.